The Bertz CT molecular complexity index is 1650. The fourth-order valence-electron chi connectivity index (χ4n) is 5.11. The van der Waals surface area contributed by atoms with Crippen molar-refractivity contribution in [3.05, 3.63) is 112 Å². The second-order valence-electron chi connectivity index (χ2n) is 9.86. The van der Waals surface area contributed by atoms with Gasteiger partial charge in [0.05, 0.1) is 22.8 Å². The molecule has 2 heterocycles. The first kappa shape index (κ1) is 29.5. The molecule has 3 aromatic carbocycles. The molecule has 0 bridgehead atoms. The van der Waals surface area contributed by atoms with Gasteiger partial charge in [-0.05, 0) is 67.8 Å². The summed E-state index contributed by atoms with van der Waals surface area (Å²) in [4.78, 5) is 29.7. The molecule has 1 aliphatic rings. The van der Waals surface area contributed by atoms with Crippen LogP contribution in [0.25, 0.3) is 0 Å². The number of sulfonamides is 1. The summed E-state index contributed by atoms with van der Waals surface area (Å²) in [5.74, 6) is -0.886. The Kier molecular flexibility index (Phi) is 9.06. The van der Waals surface area contributed by atoms with Gasteiger partial charge in [0, 0.05) is 36.6 Å². The molecule has 42 heavy (non-hydrogen) atoms. The van der Waals surface area contributed by atoms with E-state index < -0.39 is 21.9 Å². The maximum Gasteiger partial charge on any atom is 0.341 e. The summed E-state index contributed by atoms with van der Waals surface area (Å²) in [7, 11) is -3.82. The number of hydrogen-bond acceptors (Lipinski definition) is 7. The SMILES string of the molecule is CCOC(=O)c1c(NC(=O)c2ccc(S(=O)(=O)N(CC)c3ccccc3)cc2)sc2c1CCN(Cc1ccccc1)C2. The van der Waals surface area contributed by atoms with E-state index in [1.165, 1.54) is 45.5 Å². The Morgan fingerprint density at radius 3 is 2.26 bits per heavy atom. The first-order chi connectivity index (χ1) is 20.3. The average molecular weight is 604 g/mol. The van der Waals surface area contributed by atoms with Crippen molar-refractivity contribution in [1.82, 2.24) is 4.90 Å². The summed E-state index contributed by atoms with van der Waals surface area (Å²) in [5, 5.41) is 3.35. The number of esters is 1. The fraction of sp³-hybridized carbons (Fsp3) is 0.250. The van der Waals surface area contributed by atoms with Crippen molar-refractivity contribution in [2.75, 3.05) is 29.3 Å². The highest BCUT2D eigenvalue weighted by molar-refractivity contribution is 7.92. The third-order valence-electron chi connectivity index (χ3n) is 7.13. The van der Waals surface area contributed by atoms with Gasteiger partial charge in [0.1, 0.15) is 5.00 Å². The zero-order valence-corrected chi connectivity index (χ0v) is 25.2. The van der Waals surface area contributed by atoms with Gasteiger partial charge < -0.3 is 10.1 Å². The molecule has 1 aliphatic heterocycles. The largest absolute Gasteiger partial charge is 0.462 e. The predicted octanol–water partition coefficient (Wildman–Crippen LogP) is 5.95. The zero-order valence-electron chi connectivity index (χ0n) is 23.6. The highest BCUT2D eigenvalue weighted by atomic mass is 32.2. The van der Waals surface area contributed by atoms with E-state index in [4.69, 9.17) is 4.74 Å². The minimum absolute atomic E-state index is 0.0852. The van der Waals surface area contributed by atoms with Crippen molar-refractivity contribution in [1.29, 1.82) is 0 Å². The van der Waals surface area contributed by atoms with Crippen molar-refractivity contribution in [3.63, 3.8) is 0 Å². The highest BCUT2D eigenvalue weighted by Gasteiger charge is 2.30. The summed E-state index contributed by atoms with van der Waals surface area (Å²) in [6.07, 6.45) is 0.671. The molecule has 5 rings (SSSR count). The van der Waals surface area contributed by atoms with E-state index in [0.29, 0.717) is 29.2 Å². The van der Waals surface area contributed by atoms with E-state index in [2.05, 4.69) is 22.3 Å². The van der Waals surface area contributed by atoms with Crippen LogP contribution in [0.5, 0.6) is 0 Å². The number of nitrogens with zero attached hydrogens (tertiary/aromatic N) is 2. The number of carbonyl (C=O) groups excluding carboxylic acids is 2. The second kappa shape index (κ2) is 12.9. The number of benzene rings is 3. The van der Waals surface area contributed by atoms with E-state index >= 15 is 0 Å². The summed E-state index contributed by atoms with van der Waals surface area (Å²) in [6.45, 7) is 6.26. The molecule has 1 aromatic heterocycles. The smallest absolute Gasteiger partial charge is 0.341 e. The minimum atomic E-state index is -3.82. The van der Waals surface area contributed by atoms with Crippen LogP contribution in [0.3, 0.4) is 0 Å². The van der Waals surface area contributed by atoms with Crippen LogP contribution >= 0.6 is 11.3 Å². The Hall–Kier alpha value is -3.99. The van der Waals surface area contributed by atoms with Crippen LogP contribution in [0, 0.1) is 0 Å². The molecule has 4 aromatic rings. The maximum atomic E-state index is 13.3. The monoisotopic (exact) mass is 603 g/mol. The fourth-order valence-corrected chi connectivity index (χ4v) is 7.85. The molecule has 0 saturated carbocycles. The van der Waals surface area contributed by atoms with E-state index in [1.54, 1.807) is 38.1 Å². The van der Waals surface area contributed by atoms with Gasteiger partial charge in [-0.15, -0.1) is 11.3 Å². The van der Waals surface area contributed by atoms with Crippen molar-refractivity contribution in [2.45, 2.75) is 38.3 Å². The number of hydrogen-bond donors (Lipinski definition) is 1. The molecule has 0 spiro atoms. The number of amides is 1. The van der Waals surface area contributed by atoms with Gasteiger partial charge in [0.25, 0.3) is 15.9 Å². The van der Waals surface area contributed by atoms with Crippen molar-refractivity contribution >= 4 is 43.9 Å². The molecule has 0 radical (unpaired) electrons. The highest BCUT2D eigenvalue weighted by Crippen LogP contribution is 2.38. The summed E-state index contributed by atoms with van der Waals surface area (Å²) < 4.78 is 33.4. The molecular formula is C32H33N3O5S2. The molecule has 0 aliphatic carbocycles. The summed E-state index contributed by atoms with van der Waals surface area (Å²) in [6, 6.07) is 25.0. The number of thiophene rings is 1. The lowest BCUT2D eigenvalue weighted by molar-refractivity contribution is 0.0526. The van der Waals surface area contributed by atoms with Gasteiger partial charge in [0.2, 0.25) is 0 Å². The van der Waals surface area contributed by atoms with Gasteiger partial charge in [-0.1, -0.05) is 48.5 Å². The Balaban J connectivity index is 1.36. The number of ether oxygens (including phenoxy) is 1. The maximum absolute atomic E-state index is 13.3. The molecule has 1 N–H and O–H groups in total. The molecular weight excluding hydrogens is 571 g/mol. The van der Waals surface area contributed by atoms with Crippen LogP contribution in [0.15, 0.2) is 89.8 Å². The van der Waals surface area contributed by atoms with Gasteiger partial charge in [-0.3, -0.25) is 14.0 Å². The minimum Gasteiger partial charge on any atom is -0.462 e. The van der Waals surface area contributed by atoms with E-state index in [0.717, 1.165) is 23.5 Å². The number of rotatable bonds is 10. The molecule has 0 fully saturated rings. The van der Waals surface area contributed by atoms with Crippen LogP contribution in [-0.2, 0) is 34.3 Å². The van der Waals surface area contributed by atoms with Crippen LogP contribution < -0.4 is 9.62 Å². The molecule has 218 valence electrons. The normalized spacial score (nSPS) is 13.3. The zero-order chi connectivity index (χ0) is 29.7. The second-order valence-corrected chi connectivity index (χ2v) is 12.8. The van der Waals surface area contributed by atoms with Crippen molar-refractivity contribution in [3.8, 4) is 0 Å². The number of para-hydroxylation sites is 1. The summed E-state index contributed by atoms with van der Waals surface area (Å²) >= 11 is 1.39. The average Bonchev–Trinajstić information content (AvgIpc) is 3.35. The van der Waals surface area contributed by atoms with E-state index in [1.807, 2.05) is 24.3 Å². The van der Waals surface area contributed by atoms with Crippen LogP contribution in [0.4, 0.5) is 10.7 Å². The number of fused-ring (bicyclic) bond motifs is 1. The summed E-state index contributed by atoms with van der Waals surface area (Å²) in [5.41, 5.74) is 3.39. The van der Waals surface area contributed by atoms with Gasteiger partial charge >= 0.3 is 5.97 Å². The molecule has 8 nitrogen and oxygen atoms in total. The lowest BCUT2D eigenvalue weighted by Gasteiger charge is -2.27. The number of carbonyl (C=O) groups is 2. The lowest BCUT2D eigenvalue weighted by atomic mass is 10.0. The standard InChI is InChI=1S/C32H33N3O5S2/c1-3-35(25-13-9-6-10-14-25)42(38,39)26-17-15-24(16-18-26)30(36)33-31-29(32(37)40-4-2)27-19-20-34(22-28(27)41-31)21-23-11-7-5-8-12-23/h5-18H,3-4,19-22H2,1-2H3,(H,33,36). The molecule has 0 atom stereocenters. The quantitative estimate of drug-likeness (QED) is 0.225. The van der Waals surface area contributed by atoms with Crippen LogP contribution in [0.1, 0.15) is 50.6 Å². The molecule has 0 saturated heterocycles. The van der Waals surface area contributed by atoms with Crippen LogP contribution in [-0.4, -0.2) is 44.9 Å². The van der Waals surface area contributed by atoms with Crippen molar-refractivity contribution in [2.24, 2.45) is 0 Å². The van der Waals surface area contributed by atoms with Gasteiger partial charge in [-0.2, -0.15) is 0 Å². The first-order valence-electron chi connectivity index (χ1n) is 13.9. The molecule has 1 amide bonds. The van der Waals surface area contributed by atoms with Crippen LogP contribution in [0.2, 0.25) is 0 Å². The molecule has 10 heteroatoms. The number of nitrogens with one attached hydrogen (secondary N) is 1. The topological polar surface area (TPSA) is 96.0 Å². The lowest BCUT2D eigenvalue weighted by Crippen LogP contribution is -2.30. The third kappa shape index (κ3) is 6.25. The predicted molar refractivity (Wildman–Crippen MR) is 166 cm³/mol. The van der Waals surface area contributed by atoms with Crippen molar-refractivity contribution < 1.29 is 22.7 Å². The Morgan fingerprint density at radius 1 is 0.952 bits per heavy atom. The number of anilines is 2. The first-order valence-corrected chi connectivity index (χ1v) is 16.1. The Morgan fingerprint density at radius 2 is 1.62 bits per heavy atom. The van der Waals surface area contributed by atoms with Gasteiger partial charge in [-0.25, -0.2) is 13.2 Å². The third-order valence-corrected chi connectivity index (χ3v) is 10.2. The van der Waals surface area contributed by atoms with E-state index in [-0.39, 0.29) is 23.6 Å². The molecule has 0 unspecified atom stereocenters. The van der Waals surface area contributed by atoms with E-state index in [9.17, 15) is 18.0 Å². The Labute approximate surface area is 250 Å². The van der Waals surface area contributed by atoms with Gasteiger partial charge in [0.15, 0.2) is 0 Å².